The maximum Gasteiger partial charge on any atom is 0.252 e. The molecule has 3 aliphatic rings. The van der Waals surface area contributed by atoms with Crippen LogP contribution in [0.1, 0.15) is 62.1 Å². The summed E-state index contributed by atoms with van der Waals surface area (Å²) in [5, 5.41) is 0. The van der Waals surface area contributed by atoms with Gasteiger partial charge in [0.2, 0.25) is 0 Å². The van der Waals surface area contributed by atoms with Crippen LogP contribution in [0.25, 0.3) is 0 Å². The van der Waals surface area contributed by atoms with Gasteiger partial charge >= 0.3 is 0 Å². The number of carbonyl (C=O) groups excluding carboxylic acids is 1. The van der Waals surface area contributed by atoms with Crippen molar-refractivity contribution >= 4 is 5.91 Å². The first-order valence-electron chi connectivity index (χ1n) is 10.5. The molecule has 148 valence electrons. The lowest BCUT2D eigenvalue weighted by atomic mass is 10.0. The van der Waals surface area contributed by atoms with Crippen LogP contribution in [0.3, 0.4) is 0 Å². The molecule has 1 heterocycles. The molecule has 5 nitrogen and oxygen atoms in total. The van der Waals surface area contributed by atoms with Gasteiger partial charge in [-0.05, 0) is 68.2 Å². The Balaban J connectivity index is 1.49. The Bertz CT molecular complexity index is 652. The fraction of sp³-hybridized carbons (Fsp3) is 0.682. The van der Waals surface area contributed by atoms with Gasteiger partial charge in [0, 0.05) is 32.8 Å². The summed E-state index contributed by atoms with van der Waals surface area (Å²) in [4.78, 5) is 15.4. The van der Waals surface area contributed by atoms with Crippen LogP contribution in [0.2, 0.25) is 0 Å². The standard InChI is InChI=1S/C22H31NO4/c1-25-12-4-14-26-18-10-6-16-7-11-20(19(16)15-18)23(17-8-9-17)22(24)21-5-2-3-13-27-21/h6,10,15,17,20-21H,2-5,7-9,11-14H2,1H3/t20-,21-/m1/s1. The molecule has 0 N–H and O–H groups in total. The highest BCUT2D eigenvalue weighted by Gasteiger charge is 2.43. The van der Waals surface area contributed by atoms with E-state index in [1.807, 2.05) is 0 Å². The van der Waals surface area contributed by atoms with Gasteiger partial charge in [0.25, 0.3) is 5.91 Å². The van der Waals surface area contributed by atoms with Crippen molar-refractivity contribution in [3.8, 4) is 5.75 Å². The average Bonchev–Trinajstić information content (AvgIpc) is 3.46. The summed E-state index contributed by atoms with van der Waals surface area (Å²) in [6.07, 6.45) is 7.96. The zero-order valence-corrected chi connectivity index (χ0v) is 16.3. The lowest BCUT2D eigenvalue weighted by molar-refractivity contribution is -0.149. The molecule has 0 radical (unpaired) electrons. The van der Waals surface area contributed by atoms with Crippen LogP contribution in [0, 0.1) is 0 Å². The third kappa shape index (κ3) is 4.30. The minimum Gasteiger partial charge on any atom is -0.493 e. The molecular weight excluding hydrogens is 342 g/mol. The largest absolute Gasteiger partial charge is 0.493 e. The summed E-state index contributed by atoms with van der Waals surface area (Å²) >= 11 is 0. The smallest absolute Gasteiger partial charge is 0.252 e. The molecule has 27 heavy (non-hydrogen) atoms. The second-order valence-electron chi connectivity index (χ2n) is 7.94. The Labute approximate surface area is 162 Å². The molecule has 0 aromatic heterocycles. The Morgan fingerprint density at radius 2 is 2.07 bits per heavy atom. The van der Waals surface area contributed by atoms with Crippen LogP contribution >= 0.6 is 0 Å². The molecule has 1 saturated heterocycles. The molecule has 2 atom stereocenters. The summed E-state index contributed by atoms with van der Waals surface area (Å²) in [6.45, 7) is 2.08. The third-order valence-electron chi connectivity index (χ3n) is 5.91. The highest BCUT2D eigenvalue weighted by Crippen LogP contribution is 2.43. The number of nitrogens with zero attached hydrogens (tertiary/aromatic N) is 1. The number of carbonyl (C=O) groups is 1. The number of amides is 1. The molecule has 0 unspecified atom stereocenters. The minimum atomic E-state index is -0.239. The van der Waals surface area contributed by atoms with E-state index in [0.29, 0.717) is 19.3 Å². The predicted molar refractivity (Wildman–Crippen MR) is 103 cm³/mol. The molecule has 2 aliphatic carbocycles. The molecular formula is C22H31NO4. The minimum absolute atomic E-state index is 0.174. The van der Waals surface area contributed by atoms with Gasteiger partial charge in [0.05, 0.1) is 12.6 Å². The molecule has 1 aromatic rings. The number of benzene rings is 1. The number of hydrogen-bond donors (Lipinski definition) is 0. The zero-order chi connectivity index (χ0) is 18.6. The van der Waals surface area contributed by atoms with Crippen LogP contribution in [-0.4, -0.2) is 49.9 Å². The van der Waals surface area contributed by atoms with Crippen LogP contribution in [0.5, 0.6) is 5.75 Å². The number of fused-ring (bicyclic) bond motifs is 1. The number of aryl methyl sites for hydroxylation is 1. The van der Waals surface area contributed by atoms with Gasteiger partial charge in [-0.25, -0.2) is 0 Å². The molecule has 0 bridgehead atoms. The van der Waals surface area contributed by atoms with E-state index >= 15 is 0 Å². The Morgan fingerprint density at radius 1 is 1.19 bits per heavy atom. The molecule has 5 heteroatoms. The number of ether oxygens (including phenoxy) is 3. The summed E-state index contributed by atoms with van der Waals surface area (Å²) in [6, 6.07) is 6.96. The van der Waals surface area contributed by atoms with Gasteiger partial charge in [-0.3, -0.25) is 4.79 Å². The van der Waals surface area contributed by atoms with Crippen LogP contribution < -0.4 is 4.74 Å². The van der Waals surface area contributed by atoms with Crippen LogP contribution in [0.4, 0.5) is 0 Å². The van der Waals surface area contributed by atoms with Gasteiger partial charge in [-0.2, -0.15) is 0 Å². The second-order valence-corrected chi connectivity index (χ2v) is 7.94. The number of rotatable bonds is 8. The Hall–Kier alpha value is -1.59. The maximum atomic E-state index is 13.3. The normalized spacial score (nSPS) is 24.5. The van der Waals surface area contributed by atoms with E-state index in [0.717, 1.165) is 63.7 Å². The van der Waals surface area contributed by atoms with Gasteiger partial charge in [0.15, 0.2) is 0 Å². The monoisotopic (exact) mass is 373 g/mol. The molecule has 4 rings (SSSR count). The lowest BCUT2D eigenvalue weighted by Gasteiger charge is -2.34. The van der Waals surface area contributed by atoms with Crippen molar-refractivity contribution < 1.29 is 19.0 Å². The van der Waals surface area contributed by atoms with Crippen molar-refractivity contribution in [1.82, 2.24) is 4.90 Å². The highest BCUT2D eigenvalue weighted by atomic mass is 16.5. The molecule has 1 amide bonds. The van der Waals surface area contributed by atoms with Crippen molar-refractivity contribution in [3.05, 3.63) is 29.3 Å². The van der Waals surface area contributed by atoms with Crippen LogP contribution in [0.15, 0.2) is 18.2 Å². The second kappa shape index (κ2) is 8.61. The van der Waals surface area contributed by atoms with Gasteiger partial charge in [0.1, 0.15) is 11.9 Å². The molecule has 1 aliphatic heterocycles. The quantitative estimate of drug-likeness (QED) is 0.653. The molecule has 1 saturated carbocycles. The number of methoxy groups -OCH3 is 1. The Morgan fingerprint density at radius 3 is 2.81 bits per heavy atom. The fourth-order valence-corrected chi connectivity index (χ4v) is 4.37. The summed E-state index contributed by atoms with van der Waals surface area (Å²) < 4.78 is 16.8. The zero-order valence-electron chi connectivity index (χ0n) is 16.3. The van der Waals surface area contributed by atoms with Gasteiger partial charge in [-0.1, -0.05) is 6.07 Å². The fourth-order valence-electron chi connectivity index (χ4n) is 4.37. The van der Waals surface area contributed by atoms with E-state index in [2.05, 4.69) is 23.1 Å². The maximum absolute atomic E-state index is 13.3. The predicted octanol–water partition coefficient (Wildman–Crippen LogP) is 3.65. The summed E-state index contributed by atoms with van der Waals surface area (Å²) in [7, 11) is 1.71. The van der Waals surface area contributed by atoms with Gasteiger partial charge in [-0.15, -0.1) is 0 Å². The first-order chi connectivity index (χ1) is 13.3. The van der Waals surface area contributed by atoms with E-state index in [9.17, 15) is 4.79 Å². The van der Waals surface area contributed by atoms with Crippen molar-refractivity contribution in [1.29, 1.82) is 0 Å². The SMILES string of the molecule is COCCCOc1ccc2c(c1)[C@H](N(C(=O)[C@H]1CCCCO1)C1CC1)CC2. The number of hydrogen-bond acceptors (Lipinski definition) is 4. The van der Waals surface area contributed by atoms with E-state index in [4.69, 9.17) is 14.2 Å². The summed E-state index contributed by atoms with van der Waals surface area (Å²) in [5.74, 6) is 1.11. The lowest BCUT2D eigenvalue weighted by Crippen LogP contribution is -2.44. The van der Waals surface area contributed by atoms with E-state index in [-0.39, 0.29) is 18.1 Å². The van der Waals surface area contributed by atoms with Gasteiger partial charge < -0.3 is 19.1 Å². The van der Waals surface area contributed by atoms with Crippen molar-refractivity contribution in [2.75, 3.05) is 26.9 Å². The first kappa shape index (κ1) is 18.8. The van der Waals surface area contributed by atoms with Crippen molar-refractivity contribution in [2.45, 2.75) is 69.6 Å². The van der Waals surface area contributed by atoms with Crippen molar-refractivity contribution in [3.63, 3.8) is 0 Å². The first-order valence-corrected chi connectivity index (χ1v) is 10.5. The highest BCUT2D eigenvalue weighted by molar-refractivity contribution is 5.82. The molecule has 0 spiro atoms. The van der Waals surface area contributed by atoms with E-state index < -0.39 is 0 Å². The molecule has 1 aromatic carbocycles. The average molecular weight is 373 g/mol. The van der Waals surface area contributed by atoms with Crippen LogP contribution in [-0.2, 0) is 20.7 Å². The third-order valence-corrected chi connectivity index (χ3v) is 5.91. The van der Waals surface area contributed by atoms with E-state index in [1.165, 1.54) is 11.1 Å². The molecule has 2 fully saturated rings. The summed E-state index contributed by atoms with van der Waals surface area (Å²) in [5.41, 5.74) is 2.63. The van der Waals surface area contributed by atoms with E-state index in [1.54, 1.807) is 7.11 Å². The topological polar surface area (TPSA) is 48.0 Å². The van der Waals surface area contributed by atoms with Crippen molar-refractivity contribution in [2.24, 2.45) is 0 Å². The Kier molecular flexibility index (Phi) is 5.98.